The van der Waals surface area contributed by atoms with Crippen LogP contribution in [0.5, 0.6) is 0 Å². The average molecular weight is 513 g/mol. The molecule has 2 N–H and O–H groups in total. The number of nitrogens with one attached hydrogen (secondary N) is 2. The number of carbonyl (C=O) groups excluding carboxylic acids is 2. The van der Waals surface area contributed by atoms with Gasteiger partial charge in [-0.3, -0.25) is 20.0 Å². The first-order valence-corrected chi connectivity index (χ1v) is 13.7. The third-order valence-corrected chi connectivity index (χ3v) is 9.32. The molecular weight excluding hydrogens is 484 g/mol. The number of nitrogens with zero attached hydrogens (tertiary/aromatic N) is 4. The second-order valence-electron chi connectivity index (χ2n) is 10.7. The van der Waals surface area contributed by atoms with Crippen molar-refractivity contribution in [2.75, 3.05) is 18.4 Å². The molecule has 1 spiro atoms. The first kappa shape index (κ1) is 22.5. The van der Waals surface area contributed by atoms with E-state index in [-0.39, 0.29) is 23.3 Å². The first-order valence-electron chi connectivity index (χ1n) is 12.9. The molecule has 2 saturated carbocycles. The lowest BCUT2D eigenvalue weighted by atomic mass is 9.65. The number of hydrogen-bond acceptors (Lipinski definition) is 5. The summed E-state index contributed by atoms with van der Waals surface area (Å²) in [7, 11) is 0. The molecule has 3 fully saturated rings. The van der Waals surface area contributed by atoms with Crippen molar-refractivity contribution in [3.8, 4) is 10.4 Å². The van der Waals surface area contributed by atoms with Crippen molar-refractivity contribution in [2.45, 2.75) is 44.1 Å². The maximum absolute atomic E-state index is 13.4. The number of H-pyrrole nitrogens is 1. The van der Waals surface area contributed by atoms with E-state index < -0.39 is 0 Å². The highest BCUT2D eigenvalue weighted by Gasteiger charge is 2.50. The number of carbonyl (C=O) groups is 2. The minimum absolute atomic E-state index is 0.0105. The molecule has 37 heavy (non-hydrogen) atoms. The Labute approximate surface area is 218 Å². The van der Waals surface area contributed by atoms with E-state index in [1.807, 2.05) is 41.4 Å². The third kappa shape index (κ3) is 3.80. The van der Waals surface area contributed by atoms with E-state index in [0.29, 0.717) is 16.7 Å². The average Bonchev–Trinajstić information content (AvgIpc) is 3.30. The van der Waals surface area contributed by atoms with Gasteiger partial charge >= 0.3 is 0 Å². The predicted molar refractivity (Wildman–Crippen MR) is 144 cm³/mol. The van der Waals surface area contributed by atoms with Crippen molar-refractivity contribution in [3.63, 3.8) is 0 Å². The summed E-state index contributed by atoms with van der Waals surface area (Å²) in [5.74, 6) is 1.00. The quantitative estimate of drug-likeness (QED) is 0.340. The number of para-hydroxylation sites is 2. The second kappa shape index (κ2) is 8.41. The number of amides is 2. The van der Waals surface area contributed by atoms with Gasteiger partial charge in [0.15, 0.2) is 0 Å². The second-order valence-corrected chi connectivity index (χ2v) is 11.7. The molecular formula is C28H28N6O2S. The number of aromatic amines is 1. The Bertz CT molecular complexity index is 1540. The lowest BCUT2D eigenvalue weighted by Crippen LogP contribution is -2.42. The summed E-state index contributed by atoms with van der Waals surface area (Å²) in [6.07, 6.45) is 8.58. The van der Waals surface area contributed by atoms with E-state index in [0.717, 1.165) is 53.8 Å². The Kier molecular flexibility index (Phi) is 5.11. The van der Waals surface area contributed by atoms with Crippen LogP contribution in [-0.4, -0.2) is 49.6 Å². The van der Waals surface area contributed by atoms with Crippen LogP contribution in [0, 0.1) is 5.41 Å². The van der Waals surface area contributed by atoms with E-state index in [1.54, 1.807) is 0 Å². The van der Waals surface area contributed by atoms with Gasteiger partial charge in [0.05, 0.1) is 22.1 Å². The van der Waals surface area contributed by atoms with Gasteiger partial charge in [0.25, 0.3) is 5.91 Å². The summed E-state index contributed by atoms with van der Waals surface area (Å²) >= 11 is 1.48. The van der Waals surface area contributed by atoms with Crippen LogP contribution in [-0.2, 0) is 4.79 Å². The standard InChI is InChI=1S/C28H28N6O2S/c1-2-24(35)33-12-11-28(16-33)13-18(14-28)34-21-6-4-3-5-20(21)30-27(34)31-26(36)23-10-9-22(37-23)19-15-29-32-25(19)17-7-8-17/h2-6,9-10,15,17-18H,1,7-8,11-14,16H2,(H,29,32)(H,30,31,36). The highest BCUT2D eigenvalue weighted by atomic mass is 32.1. The van der Waals surface area contributed by atoms with Crippen molar-refractivity contribution in [3.05, 3.63) is 65.8 Å². The molecule has 9 heteroatoms. The molecule has 188 valence electrons. The molecule has 1 saturated heterocycles. The molecule has 3 aliphatic rings. The van der Waals surface area contributed by atoms with E-state index >= 15 is 0 Å². The minimum Gasteiger partial charge on any atom is -0.339 e. The van der Waals surface area contributed by atoms with Gasteiger partial charge in [-0.25, -0.2) is 4.98 Å². The highest BCUT2D eigenvalue weighted by Crippen LogP contribution is 2.55. The molecule has 0 atom stereocenters. The molecule has 1 aromatic carbocycles. The van der Waals surface area contributed by atoms with Crippen LogP contribution in [0.15, 0.2) is 55.3 Å². The van der Waals surface area contributed by atoms with Crippen LogP contribution in [0.25, 0.3) is 21.5 Å². The van der Waals surface area contributed by atoms with Gasteiger partial charge in [-0.2, -0.15) is 5.10 Å². The van der Waals surface area contributed by atoms with Gasteiger partial charge < -0.3 is 9.47 Å². The maximum atomic E-state index is 13.4. The number of rotatable bonds is 6. The summed E-state index contributed by atoms with van der Waals surface area (Å²) in [5, 5.41) is 10.5. The Morgan fingerprint density at radius 3 is 2.84 bits per heavy atom. The van der Waals surface area contributed by atoms with E-state index in [9.17, 15) is 9.59 Å². The normalized spacial score (nSPS) is 22.9. The molecule has 3 aromatic heterocycles. The molecule has 2 amide bonds. The number of imidazole rings is 1. The fraction of sp³-hybridized carbons (Fsp3) is 0.357. The highest BCUT2D eigenvalue weighted by molar-refractivity contribution is 7.17. The smallest absolute Gasteiger partial charge is 0.268 e. The third-order valence-electron chi connectivity index (χ3n) is 8.20. The van der Waals surface area contributed by atoms with Crippen LogP contribution >= 0.6 is 11.3 Å². The first-order chi connectivity index (χ1) is 18.0. The Morgan fingerprint density at radius 1 is 1.19 bits per heavy atom. The van der Waals surface area contributed by atoms with Crippen molar-refractivity contribution in [2.24, 2.45) is 5.41 Å². The lowest BCUT2D eigenvalue weighted by molar-refractivity contribution is -0.125. The summed E-state index contributed by atoms with van der Waals surface area (Å²) in [6.45, 7) is 5.19. The maximum Gasteiger partial charge on any atom is 0.268 e. The fourth-order valence-electron chi connectivity index (χ4n) is 6.15. The number of fused-ring (bicyclic) bond motifs is 1. The van der Waals surface area contributed by atoms with Gasteiger partial charge in [-0.15, -0.1) is 11.3 Å². The molecule has 0 bridgehead atoms. The van der Waals surface area contributed by atoms with E-state index in [2.05, 4.69) is 32.7 Å². The van der Waals surface area contributed by atoms with E-state index in [4.69, 9.17) is 4.98 Å². The van der Waals surface area contributed by atoms with Gasteiger partial charge in [0, 0.05) is 41.2 Å². The van der Waals surface area contributed by atoms with Crippen molar-refractivity contribution < 1.29 is 9.59 Å². The predicted octanol–water partition coefficient (Wildman–Crippen LogP) is 5.36. The number of thiophene rings is 1. The van der Waals surface area contributed by atoms with Gasteiger partial charge in [-0.1, -0.05) is 18.7 Å². The summed E-state index contributed by atoms with van der Waals surface area (Å²) in [6, 6.07) is 12.1. The number of benzene rings is 1. The summed E-state index contributed by atoms with van der Waals surface area (Å²) in [5.41, 5.74) is 4.30. The Balaban J connectivity index is 1.13. The summed E-state index contributed by atoms with van der Waals surface area (Å²) < 4.78 is 2.19. The van der Waals surface area contributed by atoms with Gasteiger partial charge in [0.2, 0.25) is 11.9 Å². The number of aromatic nitrogens is 4. The molecule has 8 nitrogen and oxygen atoms in total. The molecule has 1 aliphatic heterocycles. The largest absolute Gasteiger partial charge is 0.339 e. The van der Waals surface area contributed by atoms with Crippen molar-refractivity contribution >= 4 is 40.1 Å². The molecule has 7 rings (SSSR count). The molecule has 2 aliphatic carbocycles. The Hall–Kier alpha value is -3.72. The number of likely N-dealkylation sites (tertiary alicyclic amines) is 1. The zero-order valence-electron chi connectivity index (χ0n) is 20.4. The molecule has 0 radical (unpaired) electrons. The minimum atomic E-state index is -0.151. The van der Waals surface area contributed by atoms with Crippen LogP contribution in [0.3, 0.4) is 0 Å². The van der Waals surface area contributed by atoms with E-state index in [1.165, 1.54) is 35.9 Å². The zero-order valence-corrected chi connectivity index (χ0v) is 21.3. The zero-order chi connectivity index (χ0) is 25.1. The Morgan fingerprint density at radius 2 is 2.03 bits per heavy atom. The summed E-state index contributed by atoms with van der Waals surface area (Å²) in [4.78, 5) is 33.9. The van der Waals surface area contributed by atoms with Crippen LogP contribution < -0.4 is 5.32 Å². The van der Waals surface area contributed by atoms with Crippen LogP contribution in [0.1, 0.15) is 59.4 Å². The number of anilines is 1. The fourth-order valence-corrected chi connectivity index (χ4v) is 7.08. The SMILES string of the molecule is C=CC(=O)N1CCC2(CC(n3c(NC(=O)c4ccc(-c5cn[nH]c5C5CC5)s4)nc4ccccc43)C2)C1. The molecule has 0 unspecified atom stereocenters. The number of hydrogen-bond donors (Lipinski definition) is 2. The van der Waals surface area contributed by atoms with Gasteiger partial charge in [0.1, 0.15) is 0 Å². The van der Waals surface area contributed by atoms with Crippen LogP contribution in [0.2, 0.25) is 0 Å². The lowest BCUT2D eigenvalue weighted by Gasteiger charge is -2.46. The molecule has 4 heterocycles. The van der Waals surface area contributed by atoms with Crippen molar-refractivity contribution in [1.82, 2.24) is 24.6 Å². The van der Waals surface area contributed by atoms with Gasteiger partial charge in [-0.05, 0) is 67.9 Å². The van der Waals surface area contributed by atoms with Crippen molar-refractivity contribution in [1.29, 1.82) is 0 Å². The molecule has 4 aromatic rings. The monoisotopic (exact) mass is 512 g/mol. The topological polar surface area (TPSA) is 95.9 Å². The van der Waals surface area contributed by atoms with Crippen LogP contribution in [0.4, 0.5) is 5.95 Å².